The van der Waals surface area contributed by atoms with Crippen molar-refractivity contribution in [1.29, 1.82) is 0 Å². The average molecular weight is 234 g/mol. The maximum Gasteiger partial charge on any atom is 0.273 e. The van der Waals surface area contributed by atoms with Crippen molar-refractivity contribution in [1.82, 2.24) is 0 Å². The second-order valence-corrected chi connectivity index (χ2v) is 5.20. The van der Waals surface area contributed by atoms with Gasteiger partial charge in [0.2, 0.25) is 0 Å². The summed E-state index contributed by atoms with van der Waals surface area (Å²) in [6.07, 6.45) is 3.60. The lowest BCUT2D eigenvalue weighted by Gasteiger charge is -2.23. The first-order valence-electron chi connectivity index (χ1n) is 5.75. The van der Waals surface area contributed by atoms with Crippen molar-refractivity contribution in [3.05, 3.63) is 33.9 Å². The Hall–Kier alpha value is -1.62. The Morgan fingerprint density at radius 2 is 1.94 bits per heavy atom. The molecular weight excluding hydrogens is 220 g/mol. The van der Waals surface area contributed by atoms with Gasteiger partial charge in [0.15, 0.2) is 0 Å². The Kier molecular flexibility index (Phi) is 1.85. The molecule has 0 heterocycles. The van der Waals surface area contributed by atoms with Crippen LogP contribution in [0.5, 0.6) is 5.75 Å². The molecule has 3 N–H and O–H groups in total. The third kappa shape index (κ3) is 1.35. The summed E-state index contributed by atoms with van der Waals surface area (Å²) in [5, 5.41) is 20.6. The highest BCUT2D eigenvalue weighted by atomic mass is 16.6. The predicted molar refractivity (Wildman–Crippen MR) is 61.8 cm³/mol. The predicted octanol–water partition coefficient (Wildman–Crippen LogP) is 1.82. The molecule has 2 saturated carbocycles. The molecule has 2 fully saturated rings. The lowest BCUT2D eigenvalue weighted by Crippen LogP contribution is -2.37. The van der Waals surface area contributed by atoms with Crippen LogP contribution in [0.1, 0.15) is 31.2 Å². The molecule has 0 bridgehead atoms. The summed E-state index contributed by atoms with van der Waals surface area (Å²) in [7, 11) is 0. The lowest BCUT2D eigenvalue weighted by atomic mass is 9.85. The largest absolute Gasteiger partial charge is 0.508 e. The summed E-state index contributed by atoms with van der Waals surface area (Å²) in [6.45, 7) is 0. The molecule has 0 amide bonds. The van der Waals surface area contributed by atoms with E-state index in [1.807, 2.05) is 0 Å². The minimum Gasteiger partial charge on any atom is -0.508 e. The molecule has 0 aromatic heterocycles. The monoisotopic (exact) mass is 234 g/mol. The van der Waals surface area contributed by atoms with Gasteiger partial charge in [0.1, 0.15) is 5.75 Å². The lowest BCUT2D eigenvalue weighted by molar-refractivity contribution is -0.385. The van der Waals surface area contributed by atoms with Crippen LogP contribution in [0, 0.1) is 10.1 Å². The summed E-state index contributed by atoms with van der Waals surface area (Å²) < 4.78 is 0. The minimum absolute atomic E-state index is 0.0705. The van der Waals surface area contributed by atoms with Crippen LogP contribution in [-0.2, 0) is 5.41 Å². The van der Waals surface area contributed by atoms with E-state index in [-0.39, 0.29) is 27.3 Å². The first-order valence-corrected chi connectivity index (χ1v) is 5.75. The SMILES string of the molecule is NC1(C2(c3cc(O)ccc3[N+](=O)[O-])CC2)CC1. The van der Waals surface area contributed by atoms with Gasteiger partial charge in [-0.1, -0.05) is 0 Å². The number of phenolic OH excluding ortho intramolecular Hbond substituents is 1. The highest BCUT2D eigenvalue weighted by Crippen LogP contribution is 2.65. The number of nitro groups is 1. The second-order valence-electron chi connectivity index (χ2n) is 5.20. The van der Waals surface area contributed by atoms with Crippen molar-refractivity contribution in [2.75, 3.05) is 0 Å². The molecule has 2 aliphatic carbocycles. The third-order valence-electron chi connectivity index (χ3n) is 4.18. The van der Waals surface area contributed by atoms with Gasteiger partial charge in [-0.05, 0) is 37.8 Å². The van der Waals surface area contributed by atoms with Gasteiger partial charge in [0.05, 0.1) is 4.92 Å². The number of nitro benzene ring substituents is 1. The summed E-state index contributed by atoms with van der Waals surface area (Å²) in [4.78, 5) is 10.6. The maximum atomic E-state index is 11.0. The van der Waals surface area contributed by atoms with Crippen LogP contribution < -0.4 is 5.73 Å². The molecule has 1 aromatic rings. The minimum atomic E-state index is -0.388. The molecular formula is C12H14N2O3. The molecule has 0 radical (unpaired) electrons. The number of nitrogens with two attached hydrogens (primary N) is 1. The summed E-state index contributed by atoms with van der Waals surface area (Å²) in [5.41, 5.74) is 6.37. The van der Waals surface area contributed by atoms with Crippen LogP contribution in [0.4, 0.5) is 5.69 Å². The summed E-state index contributed by atoms with van der Waals surface area (Å²) in [5.74, 6) is 0.0705. The standard InChI is InChI=1S/C12H14N2O3/c13-12(5-6-12)11(3-4-11)9-7-8(15)1-2-10(9)14(16)17/h1-2,7,15H,3-6,13H2. The van der Waals surface area contributed by atoms with E-state index in [1.54, 1.807) is 0 Å². The van der Waals surface area contributed by atoms with Crippen LogP contribution in [0.25, 0.3) is 0 Å². The van der Waals surface area contributed by atoms with E-state index in [2.05, 4.69) is 0 Å². The molecule has 90 valence electrons. The molecule has 17 heavy (non-hydrogen) atoms. The van der Waals surface area contributed by atoms with Crippen molar-refractivity contribution in [2.45, 2.75) is 36.6 Å². The Labute approximate surface area is 98.4 Å². The van der Waals surface area contributed by atoms with E-state index in [1.165, 1.54) is 18.2 Å². The Morgan fingerprint density at radius 3 is 2.41 bits per heavy atom. The molecule has 2 aliphatic rings. The fraction of sp³-hybridized carbons (Fsp3) is 0.500. The molecule has 0 atom stereocenters. The Bertz CT molecular complexity index is 504. The topological polar surface area (TPSA) is 89.4 Å². The van der Waals surface area contributed by atoms with E-state index in [0.29, 0.717) is 5.56 Å². The van der Waals surface area contributed by atoms with E-state index >= 15 is 0 Å². The summed E-state index contributed by atoms with van der Waals surface area (Å²) >= 11 is 0. The van der Waals surface area contributed by atoms with E-state index in [0.717, 1.165) is 25.7 Å². The number of hydrogen-bond donors (Lipinski definition) is 2. The first kappa shape index (κ1) is 10.5. The van der Waals surface area contributed by atoms with Crippen LogP contribution >= 0.6 is 0 Å². The van der Waals surface area contributed by atoms with Crippen LogP contribution in [0.3, 0.4) is 0 Å². The Balaban J connectivity index is 2.14. The number of aromatic hydroxyl groups is 1. The van der Waals surface area contributed by atoms with Gasteiger partial charge in [-0.3, -0.25) is 10.1 Å². The van der Waals surface area contributed by atoms with Crippen molar-refractivity contribution in [2.24, 2.45) is 5.73 Å². The zero-order valence-corrected chi connectivity index (χ0v) is 9.35. The van der Waals surface area contributed by atoms with Crippen LogP contribution in [0.2, 0.25) is 0 Å². The normalized spacial score (nSPS) is 23.1. The van der Waals surface area contributed by atoms with Gasteiger partial charge in [-0.25, -0.2) is 0 Å². The number of benzene rings is 1. The molecule has 5 heteroatoms. The van der Waals surface area contributed by atoms with Gasteiger partial charge < -0.3 is 10.8 Å². The molecule has 5 nitrogen and oxygen atoms in total. The van der Waals surface area contributed by atoms with Crippen molar-refractivity contribution in [3.8, 4) is 5.75 Å². The quantitative estimate of drug-likeness (QED) is 0.616. The number of hydrogen-bond acceptors (Lipinski definition) is 4. The number of nitrogens with zero attached hydrogens (tertiary/aromatic N) is 1. The fourth-order valence-corrected chi connectivity index (χ4v) is 2.84. The van der Waals surface area contributed by atoms with E-state index in [9.17, 15) is 15.2 Å². The van der Waals surface area contributed by atoms with Crippen molar-refractivity contribution in [3.63, 3.8) is 0 Å². The van der Waals surface area contributed by atoms with Gasteiger partial charge in [0, 0.05) is 22.6 Å². The van der Waals surface area contributed by atoms with Gasteiger partial charge >= 0.3 is 0 Å². The van der Waals surface area contributed by atoms with Gasteiger partial charge in [0.25, 0.3) is 5.69 Å². The zero-order valence-electron chi connectivity index (χ0n) is 9.35. The first-order chi connectivity index (χ1) is 7.98. The second kappa shape index (κ2) is 2.98. The zero-order chi connectivity index (χ0) is 12.3. The maximum absolute atomic E-state index is 11.0. The van der Waals surface area contributed by atoms with Crippen molar-refractivity contribution < 1.29 is 10.0 Å². The van der Waals surface area contributed by atoms with Gasteiger partial charge in [-0.15, -0.1) is 0 Å². The fourth-order valence-electron chi connectivity index (χ4n) is 2.84. The van der Waals surface area contributed by atoms with E-state index in [4.69, 9.17) is 5.73 Å². The highest BCUT2D eigenvalue weighted by Gasteiger charge is 2.65. The molecule has 1 aromatic carbocycles. The highest BCUT2D eigenvalue weighted by molar-refractivity contribution is 5.55. The molecule has 0 unspecified atom stereocenters. The molecule has 0 spiro atoms. The number of rotatable bonds is 3. The summed E-state index contributed by atoms with van der Waals surface area (Å²) in [6, 6.07) is 4.24. The smallest absolute Gasteiger partial charge is 0.273 e. The third-order valence-corrected chi connectivity index (χ3v) is 4.18. The molecule has 0 aliphatic heterocycles. The Morgan fingerprint density at radius 1 is 1.29 bits per heavy atom. The van der Waals surface area contributed by atoms with E-state index < -0.39 is 0 Å². The number of phenols is 1. The molecule has 3 rings (SSSR count). The molecule has 0 saturated heterocycles. The average Bonchev–Trinajstić information content (AvgIpc) is 3.12. The van der Waals surface area contributed by atoms with Crippen LogP contribution in [0.15, 0.2) is 18.2 Å². The van der Waals surface area contributed by atoms with Crippen molar-refractivity contribution >= 4 is 5.69 Å². The van der Waals surface area contributed by atoms with Gasteiger partial charge in [-0.2, -0.15) is 0 Å². The van der Waals surface area contributed by atoms with Crippen LogP contribution in [-0.4, -0.2) is 15.6 Å².